The van der Waals surface area contributed by atoms with Crippen molar-refractivity contribution in [1.82, 2.24) is 19.7 Å². The van der Waals surface area contributed by atoms with Crippen LogP contribution >= 0.6 is 0 Å². The number of nitriles is 1. The van der Waals surface area contributed by atoms with E-state index in [2.05, 4.69) is 15.1 Å². The Morgan fingerprint density at radius 1 is 1.17 bits per heavy atom. The lowest BCUT2D eigenvalue weighted by Gasteiger charge is -2.04. The lowest BCUT2D eigenvalue weighted by atomic mass is 10.1. The zero-order chi connectivity index (χ0) is 12.4. The maximum absolute atomic E-state index is 8.69. The predicted octanol–water partition coefficient (Wildman–Crippen LogP) is 1.75. The number of para-hydroxylation sites is 1. The number of nitrogens with zero attached hydrogens (tertiary/aromatic N) is 5. The molecule has 0 amide bonds. The molecule has 0 aliphatic rings. The monoisotopic (exact) mass is 235 g/mol. The van der Waals surface area contributed by atoms with Crippen LogP contribution in [0, 0.1) is 11.3 Å². The Morgan fingerprint density at radius 3 is 2.89 bits per heavy atom. The molecule has 0 atom stereocenters. The van der Waals surface area contributed by atoms with Crippen molar-refractivity contribution in [3.05, 3.63) is 54.2 Å². The van der Waals surface area contributed by atoms with Gasteiger partial charge in [0.1, 0.15) is 12.4 Å². The normalized spacial score (nSPS) is 10.4. The quantitative estimate of drug-likeness (QED) is 0.678. The highest BCUT2D eigenvalue weighted by Gasteiger charge is 2.04. The van der Waals surface area contributed by atoms with E-state index >= 15 is 0 Å². The molecule has 18 heavy (non-hydrogen) atoms. The zero-order valence-electron chi connectivity index (χ0n) is 9.48. The Kier molecular flexibility index (Phi) is 2.47. The first-order chi connectivity index (χ1) is 8.86. The van der Waals surface area contributed by atoms with Gasteiger partial charge in [-0.05, 0) is 11.6 Å². The van der Waals surface area contributed by atoms with Crippen molar-refractivity contribution in [3.8, 4) is 6.07 Å². The molecule has 3 rings (SSSR count). The maximum atomic E-state index is 8.69. The smallest absolute Gasteiger partial charge is 0.252 e. The number of fused-ring (bicyclic) bond motifs is 1. The maximum Gasteiger partial charge on any atom is 0.252 e. The van der Waals surface area contributed by atoms with Gasteiger partial charge in [0.05, 0.1) is 12.1 Å². The lowest BCUT2D eigenvalue weighted by molar-refractivity contribution is 0.685. The fourth-order valence-electron chi connectivity index (χ4n) is 1.89. The second-order valence-corrected chi connectivity index (χ2v) is 3.87. The van der Waals surface area contributed by atoms with Crippen molar-refractivity contribution < 1.29 is 0 Å². The molecule has 2 aromatic heterocycles. The Hall–Kier alpha value is -2.74. The molecule has 0 unspecified atom stereocenters. The summed E-state index contributed by atoms with van der Waals surface area (Å²) in [5, 5.41) is 13.8. The van der Waals surface area contributed by atoms with E-state index in [1.165, 1.54) is 0 Å². The molecule has 5 nitrogen and oxygen atoms in total. The van der Waals surface area contributed by atoms with Crippen molar-refractivity contribution in [1.29, 1.82) is 5.26 Å². The highest BCUT2D eigenvalue weighted by Crippen LogP contribution is 2.16. The van der Waals surface area contributed by atoms with Crippen molar-refractivity contribution in [3.63, 3.8) is 0 Å². The summed E-state index contributed by atoms with van der Waals surface area (Å²) in [5.74, 6) is 0.184. The van der Waals surface area contributed by atoms with E-state index in [1.54, 1.807) is 17.2 Å². The van der Waals surface area contributed by atoms with Crippen LogP contribution in [0.3, 0.4) is 0 Å². The van der Waals surface area contributed by atoms with Crippen LogP contribution in [0.1, 0.15) is 11.4 Å². The second-order valence-electron chi connectivity index (χ2n) is 3.87. The number of hydrogen-bond donors (Lipinski definition) is 0. The van der Waals surface area contributed by atoms with Gasteiger partial charge in [0.15, 0.2) is 0 Å². The highest BCUT2D eigenvalue weighted by atomic mass is 15.3. The lowest BCUT2D eigenvalue weighted by Crippen LogP contribution is -2.01. The van der Waals surface area contributed by atoms with E-state index < -0.39 is 0 Å². The number of hydrogen-bond acceptors (Lipinski definition) is 4. The van der Waals surface area contributed by atoms with Crippen molar-refractivity contribution >= 4 is 10.9 Å². The number of benzene rings is 1. The van der Waals surface area contributed by atoms with Crippen molar-refractivity contribution in [2.45, 2.75) is 6.54 Å². The van der Waals surface area contributed by atoms with Crippen LogP contribution in [0.15, 0.2) is 42.9 Å². The van der Waals surface area contributed by atoms with Gasteiger partial charge in [-0.15, -0.1) is 5.10 Å². The van der Waals surface area contributed by atoms with Crippen LogP contribution in [0.4, 0.5) is 0 Å². The summed E-state index contributed by atoms with van der Waals surface area (Å²) in [4.78, 5) is 8.26. The Labute approximate surface area is 103 Å². The van der Waals surface area contributed by atoms with Gasteiger partial charge in [-0.3, -0.25) is 4.98 Å². The summed E-state index contributed by atoms with van der Waals surface area (Å²) in [6.45, 7) is 0.559. The van der Waals surface area contributed by atoms with Crippen LogP contribution < -0.4 is 0 Å². The van der Waals surface area contributed by atoms with Gasteiger partial charge >= 0.3 is 0 Å². The highest BCUT2D eigenvalue weighted by molar-refractivity contribution is 5.81. The number of aromatic nitrogens is 4. The molecule has 0 saturated heterocycles. The van der Waals surface area contributed by atoms with Gasteiger partial charge < -0.3 is 0 Å². The summed E-state index contributed by atoms with van der Waals surface area (Å²) in [7, 11) is 0. The Morgan fingerprint density at radius 2 is 2.06 bits per heavy atom. The standard InChI is InChI=1S/C13H9N5/c14-7-12-16-9-18(17-12)8-11-4-1-3-10-5-2-6-15-13(10)11/h1-6,9H,8H2. The van der Waals surface area contributed by atoms with E-state index in [9.17, 15) is 0 Å². The van der Waals surface area contributed by atoms with Gasteiger partial charge in [-0.25, -0.2) is 9.67 Å². The third kappa shape index (κ3) is 1.80. The molecular weight excluding hydrogens is 226 g/mol. The number of pyridine rings is 1. The Balaban J connectivity index is 2.02. The van der Waals surface area contributed by atoms with Gasteiger partial charge in [-0.1, -0.05) is 24.3 Å². The molecule has 5 heteroatoms. The third-order valence-corrected chi connectivity index (χ3v) is 2.69. The van der Waals surface area contributed by atoms with Crippen molar-refractivity contribution in [2.24, 2.45) is 0 Å². The molecule has 0 saturated carbocycles. The minimum Gasteiger partial charge on any atom is -0.256 e. The van der Waals surface area contributed by atoms with E-state index in [0.29, 0.717) is 6.54 Å². The first kappa shape index (κ1) is 10.4. The number of rotatable bonds is 2. The van der Waals surface area contributed by atoms with Crippen molar-refractivity contribution in [2.75, 3.05) is 0 Å². The molecule has 2 heterocycles. The molecule has 0 N–H and O–H groups in total. The van der Waals surface area contributed by atoms with E-state index in [-0.39, 0.29) is 5.82 Å². The van der Waals surface area contributed by atoms with E-state index in [1.807, 2.05) is 36.4 Å². The molecule has 0 aliphatic carbocycles. The molecule has 1 aromatic carbocycles. The predicted molar refractivity (Wildman–Crippen MR) is 65.6 cm³/mol. The van der Waals surface area contributed by atoms with Crippen LogP contribution in [0.5, 0.6) is 0 Å². The summed E-state index contributed by atoms with van der Waals surface area (Å²) in [6.07, 6.45) is 3.33. The summed E-state index contributed by atoms with van der Waals surface area (Å²) < 4.78 is 1.64. The first-order valence-electron chi connectivity index (χ1n) is 5.49. The van der Waals surface area contributed by atoms with Gasteiger partial charge in [0.25, 0.3) is 5.82 Å². The largest absolute Gasteiger partial charge is 0.256 e. The molecule has 0 aliphatic heterocycles. The average molecular weight is 235 g/mol. The van der Waals surface area contributed by atoms with Crippen LogP contribution in [0.25, 0.3) is 10.9 Å². The van der Waals surface area contributed by atoms with Crippen LogP contribution in [-0.2, 0) is 6.54 Å². The SMILES string of the molecule is N#Cc1ncn(Cc2cccc3cccnc23)n1. The molecule has 0 radical (unpaired) electrons. The van der Waals surface area contributed by atoms with Crippen LogP contribution in [0.2, 0.25) is 0 Å². The molecule has 0 spiro atoms. The fraction of sp³-hybridized carbons (Fsp3) is 0.0769. The minimum absolute atomic E-state index is 0.184. The Bertz CT molecular complexity index is 733. The minimum atomic E-state index is 0.184. The summed E-state index contributed by atoms with van der Waals surface area (Å²) in [5.41, 5.74) is 2.01. The fourth-order valence-corrected chi connectivity index (χ4v) is 1.89. The second kappa shape index (κ2) is 4.26. The molecular formula is C13H9N5. The van der Waals surface area contributed by atoms with Crippen LogP contribution in [-0.4, -0.2) is 19.7 Å². The molecule has 0 bridgehead atoms. The topological polar surface area (TPSA) is 67.4 Å². The summed E-state index contributed by atoms with van der Waals surface area (Å²) in [6, 6.07) is 11.9. The molecule has 3 aromatic rings. The van der Waals surface area contributed by atoms with Gasteiger partial charge in [-0.2, -0.15) is 5.26 Å². The average Bonchev–Trinajstić information content (AvgIpc) is 2.87. The third-order valence-electron chi connectivity index (χ3n) is 2.69. The summed E-state index contributed by atoms with van der Waals surface area (Å²) >= 11 is 0. The van der Waals surface area contributed by atoms with Gasteiger partial charge in [0, 0.05) is 11.6 Å². The van der Waals surface area contributed by atoms with E-state index in [0.717, 1.165) is 16.5 Å². The van der Waals surface area contributed by atoms with E-state index in [4.69, 9.17) is 5.26 Å². The molecule has 0 fully saturated rings. The zero-order valence-corrected chi connectivity index (χ0v) is 9.48. The first-order valence-corrected chi connectivity index (χ1v) is 5.49. The van der Waals surface area contributed by atoms with Gasteiger partial charge in [0.2, 0.25) is 0 Å². The molecule has 86 valence electrons.